The van der Waals surface area contributed by atoms with Crippen LogP contribution in [0.4, 0.5) is 4.79 Å². The van der Waals surface area contributed by atoms with E-state index in [0.717, 1.165) is 25.8 Å². The van der Waals surface area contributed by atoms with E-state index >= 15 is 0 Å². The standard InChI is InChI=1S/C18H28N2O2/c1-13(20-17(21)22-18(2,3)4)11-12-19-16-10-9-14-7-5-6-8-15(14)16/h5-8,13,16,19H,9-12H2,1-4H3,(H,20,21). The molecule has 1 aromatic carbocycles. The number of rotatable bonds is 5. The largest absolute Gasteiger partial charge is 0.444 e. The highest BCUT2D eigenvalue weighted by atomic mass is 16.6. The summed E-state index contributed by atoms with van der Waals surface area (Å²) in [6, 6.07) is 9.18. The lowest BCUT2D eigenvalue weighted by atomic mass is 10.1. The van der Waals surface area contributed by atoms with Gasteiger partial charge in [-0.2, -0.15) is 0 Å². The zero-order chi connectivity index (χ0) is 16.2. The van der Waals surface area contributed by atoms with E-state index in [4.69, 9.17) is 4.74 Å². The molecule has 4 heteroatoms. The van der Waals surface area contributed by atoms with Gasteiger partial charge in [0, 0.05) is 12.1 Å². The maximum Gasteiger partial charge on any atom is 0.407 e. The third kappa shape index (κ3) is 5.02. The summed E-state index contributed by atoms with van der Waals surface area (Å²) in [5.41, 5.74) is 2.44. The molecule has 4 nitrogen and oxygen atoms in total. The molecule has 1 amide bonds. The molecule has 0 fully saturated rings. The van der Waals surface area contributed by atoms with Crippen LogP contribution in [0.25, 0.3) is 0 Å². The average molecular weight is 304 g/mol. The Labute approximate surface area is 133 Å². The van der Waals surface area contributed by atoms with E-state index in [0.29, 0.717) is 6.04 Å². The van der Waals surface area contributed by atoms with Crippen molar-refractivity contribution in [3.05, 3.63) is 35.4 Å². The van der Waals surface area contributed by atoms with E-state index < -0.39 is 5.60 Å². The third-order valence-electron chi connectivity index (χ3n) is 3.86. The van der Waals surface area contributed by atoms with Crippen molar-refractivity contribution in [3.63, 3.8) is 0 Å². The fourth-order valence-electron chi connectivity index (χ4n) is 2.82. The van der Waals surface area contributed by atoms with E-state index in [-0.39, 0.29) is 12.1 Å². The fraction of sp³-hybridized carbons (Fsp3) is 0.611. The van der Waals surface area contributed by atoms with Gasteiger partial charge in [0.15, 0.2) is 0 Å². The number of ether oxygens (including phenoxy) is 1. The van der Waals surface area contributed by atoms with Crippen molar-refractivity contribution < 1.29 is 9.53 Å². The van der Waals surface area contributed by atoms with Gasteiger partial charge in [0.1, 0.15) is 5.60 Å². The van der Waals surface area contributed by atoms with Crippen LogP contribution in [0.3, 0.4) is 0 Å². The summed E-state index contributed by atoms with van der Waals surface area (Å²) < 4.78 is 5.26. The van der Waals surface area contributed by atoms with E-state index in [2.05, 4.69) is 34.9 Å². The van der Waals surface area contributed by atoms with Crippen molar-refractivity contribution in [3.8, 4) is 0 Å². The predicted molar refractivity (Wildman–Crippen MR) is 89.0 cm³/mol. The second kappa shape index (κ2) is 7.14. The molecule has 0 bridgehead atoms. The fourth-order valence-corrected chi connectivity index (χ4v) is 2.82. The summed E-state index contributed by atoms with van der Waals surface area (Å²) in [5.74, 6) is 0. The van der Waals surface area contributed by atoms with E-state index in [9.17, 15) is 4.79 Å². The highest BCUT2D eigenvalue weighted by molar-refractivity contribution is 5.68. The first-order valence-electron chi connectivity index (χ1n) is 8.16. The molecule has 0 heterocycles. The van der Waals surface area contributed by atoms with Crippen molar-refractivity contribution >= 4 is 6.09 Å². The summed E-state index contributed by atoms with van der Waals surface area (Å²) in [7, 11) is 0. The number of amides is 1. The molecule has 0 spiro atoms. The lowest BCUT2D eigenvalue weighted by Crippen LogP contribution is -2.39. The Hall–Kier alpha value is -1.55. The van der Waals surface area contributed by atoms with Crippen LogP contribution in [0, 0.1) is 0 Å². The normalized spacial score (nSPS) is 18.6. The number of carbonyl (C=O) groups excluding carboxylic acids is 1. The van der Waals surface area contributed by atoms with Gasteiger partial charge in [-0.25, -0.2) is 4.79 Å². The van der Waals surface area contributed by atoms with Crippen LogP contribution in [0.1, 0.15) is 57.7 Å². The van der Waals surface area contributed by atoms with E-state index in [1.165, 1.54) is 11.1 Å². The molecule has 2 atom stereocenters. The van der Waals surface area contributed by atoms with Gasteiger partial charge in [0.05, 0.1) is 0 Å². The Kier molecular flexibility index (Phi) is 5.46. The van der Waals surface area contributed by atoms with Crippen LogP contribution in [0.5, 0.6) is 0 Å². The topological polar surface area (TPSA) is 50.4 Å². The number of hydrogen-bond donors (Lipinski definition) is 2. The van der Waals surface area contributed by atoms with Crippen molar-refractivity contribution in [2.75, 3.05) is 6.54 Å². The van der Waals surface area contributed by atoms with Crippen molar-refractivity contribution in [2.45, 2.75) is 64.6 Å². The highest BCUT2D eigenvalue weighted by Crippen LogP contribution is 2.30. The van der Waals surface area contributed by atoms with Crippen molar-refractivity contribution in [2.24, 2.45) is 0 Å². The van der Waals surface area contributed by atoms with Gasteiger partial charge in [-0.3, -0.25) is 0 Å². The zero-order valence-corrected chi connectivity index (χ0v) is 14.1. The van der Waals surface area contributed by atoms with Crippen molar-refractivity contribution in [1.29, 1.82) is 0 Å². The Morgan fingerprint density at radius 2 is 2.09 bits per heavy atom. The first kappa shape index (κ1) is 16.8. The molecule has 0 aliphatic heterocycles. The first-order chi connectivity index (χ1) is 10.3. The van der Waals surface area contributed by atoms with Crippen molar-refractivity contribution in [1.82, 2.24) is 10.6 Å². The number of hydrogen-bond acceptors (Lipinski definition) is 3. The Balaban J connectivity index is 1.70. The van der Waals surface area contributed by atoms with Gasteiger partial charge >= 0.3 is 6.09 Å². The second-order valence-electron chi connectivity index (χ2n) is 7.08. The molecule has 1 aliphatic carbocycles. The number of nitrogens with one attached hydrogen (secondary N) is 2. The van der Waals surface area contributed by atoms with E-state index in [1.54, 1.807) is 0 Å². The molecule has 0 aromatic heterocycles. The molecule has 2 rings (SSSR count). The Morgan fingerprint density at radius 3 is 2.82 bits per heavy atom. The third-order valence-corrected chi connectivity index (χ3v) is 3.86. The second-order valence-corrected chi connectivity index (χ2v) is 7.08. The molecule has 0 saturated carbocycles. The number of carbonyl (C=O) groups is 1. The van der Waals surface area contributed by atoms with Crippen LogP contribution < -0.4 is 10.6 Å². The Bertz CT molecular complexity index is 508. The zero-order valence-electron chi connectivity index (χ0n) is 14.1. The maximum atomic E-state index is 11.7. The van der Waals surface area contributed by atoms with Crippen LogP contribution >= 0.6 is 0 Å². The molecular weight excluding hydrogens is 276 g/mol. The van der Waals surface area contributed by atoms with Crippen LogP contribution in [0.15, 0.2) is 24.3 Å². The summed E-state index contributed by atoms with van der Waals surface area (Å²) >= 11 is 0. The molecule has 0 radical (unpaired) electrons. The van der Waals surface area contributed by atoms with Gasteiger partial charge in [-0.15, -0.1) is 0 Å². The van der Waals surface area contributed by atoms with Gasteiger partial charge in [0.25, 0.3) is 0 Å². The predicted octanol–water partition coefficient (Wildman–Crippen LogP) is 3.57. The summed E-state index contributed by atoms with van der Waals surface area (Å²) in [6.45, 7) is 8.51. The van der Waals surface area contributed by atoms with Gasteiger partial charge in [-0.05, 0) is 64.6 Å². The van der Waals surface area contributed by atoms with Crippen LogP contribution in [-0.4, -0.2) is 24.3 Å². The summed E-state index contributed by atoms with van der Waals surface area (Å²) in [5, 5.41) is 6.48. The molecular formula is C18H28N2O2. The number of benzene rings is 1. The van der Waals surface area contributed by atoms with Gasteiger partial charge in [-0.1, -0.05) is 24.3 Å². The minimum atomic E-state index is -0.449. The van der Waals surface area contributed by atoms with Crippen LogP contribution in [-0.2, 0) is 11.2 Å². The molecule has 0 saturated heterocycles. The van der Waals surface area contributed by atoms with Gasteiger partial charge in [0.2, 0.25) is 0 Å². The lowest BCUT2D eigenvalue weighted by Gasteiger charge is -2.22. The van der Waals surface area contributed by atoms with E-state index in [1.807, 2.05) is 27.7 Å². The summed E-state index contributed by atoms with van der Waals surface area (Å²) in [4.78, 5) is 11.7. The molecule has 1 aromatic rings. The molecule has 22 heavy (non-hydrogen) atoms. The highest BCUT2D eigenvalue weighted by Gasteiger charge is 2.21. The molecule has 122 valence electrons. The number of alkyl carbamates (subject to hydrolysis) is 1. The number of aryl methyl sites for hydroxylation is 1. The average Bonchev–Trinajstić information content (AvgIpc) is 2.80. The number of fused-ring (bicyclic) bond motifs is 1. The van der Waals surface area contributed by atoms with Gasteiger partial charge < -0.3 is 15.4 Å². The summed E-state index contributed by atoms with van der Waals surface area (Å²) in [6.07, 6.45) is 2.86. The minimum absolute atomic E-state index is 0.0963. The molecule has 2 N–H and O–H groups in total. The molecule has 2 unspecified atom stereocenters. The first-order valence-corrected chi connectivity index (χ1v) is 8.16. The SMILES string of the molecule is CC(CCNC1CCc2ccccc21)NC(=O)OC(C)(C)C. The Morgan fingerprint density at radius 1 is 1.36 bits per heavy atom. The smallest absolute Gasteiger partial charge is 0.407 e. The quantitative estimate of drug-likeness (QED) is 0.874. The lowest BCUT2D eigenvalue weighted by molar-refractivity contribution is 0.0506. The monoisotopic (exact) mass is 304 g/mol. The maximum absolute atomic E-state index is 11.7. The molecule has 1 aliphatic rings. The minimum Gasteiger partial charge on any atom is -0.444 e. The van der Waals surface area contributed by atoms with Crippen LogP contribution in [0.2, 0.25) is 0 Å².